The lowest BCUT2D eigenvalue weighted by Gasteiger charge is -2.04. The third kappa shape index (κ3) is 6.74. The first-order chi connectivity index (χ1) is 15.6. The molecule has 3 aromatic rings. The highest BCUT2D eigenvalue weighted by atomic mass is 16.4. The maximum absolute atomic E-state index is 9.36. The first-order valence-electron chi connectivity index (χ1n) is 10.6. The largest absolute Gasteiger partial charge is 0.488 e. The second-order valence-corrected chi connectivity index (χ2v) is 7.44. The van der Waals surface area contributed by atoms with Gasteiger partial charge in [0.1, 0.15) is 0 Å². The van der Waals surface area contributed by atoms with Gasteiger partial charge in [-0.15, -0.1) is 0 Å². The van der Waals surface area contributed by atoms with Gasteiger partial charge in [0.25, 0.3) is 0 Å². The summed E-state index contributed by atoms with van der Waals surface area (Å²) in [5.74, 6) is 0. The standard InChI is InChI=1S/C27H28BN2O2/c1-3-6-25(13-16-29-20-23-11-9-22(4-2)10-12-23)26-14-17-30(18-15-26)21-24-7-5-8-27(19-24)28(31)32/h3-19,31-32H,2,20-21H2,1H3/q+1/b6-3-,25-13+,29-16+. The zero-order valence-corrected chi connectivity index (χ0v) is 18.3. The summed E-state index contributed by atoms with van der Waals surface area (Å²) in [6.07, 6.45) is 13.8. The van der Waals surface area contributed by atoms with Gasteiger partial charge in [-0.2, -0.15) is 0 Å². The molecule has 0 bridgehead atoms. The highest BCUT2D eigenvalue weighted by molar-refractivity contribution is 6.58. The fourth-order valence-electron chi connectivity index (χ4n) is 3.30. The van der Waals surface area contributed by atoms with Crippen LogP contribution in [0.2, 0.25) is 0 Å². The van der Waals surface area contributed by atoms with Crippen molar-refractivity contribution in [1.82, 2.24) is 0 Å². The van der Waals surface area contributed by atoms with Crippen molar-refractivity contribution in [1.29, 1.82) is 0 Å². The molecule has 2 N–H and O–H groups in total. The lowest BCUT2D eigenvalue weighted by atomic mass is 9.79. The molecule has 0 aliphatic rings. The monoisotopic (exact) mass is 423 g/mol. The third-order valence-corrected chi connectivity index (χ3v) is 5.03. The zero-order valence-electron chi connectivity index (χ0n) is 18.3. The van der Waals surface area contributed by atoms with Crippen LogP contribution in [-0.2, 0) is 13.1 Å². The summed E-state index contributed by atoms with van der Waals surface area (Å²) < 4.78 is 2.06. The van der Waals surface area contributed by atoms with Crippen molar-refractivity contribution in [2.45, 2.75) is 20.0 Å². The van der Waals surface area contributed by atoms with Crippen LogP contribution in [0.4, 0.5) is 0 Å². The van der Waals surface area contributed by atoms with Crippen LogP contribution in [0.1, 0.15) is 29.2 Å². The molecule has 160 valence electrons. The summed E-state index contributed by atoms with van der Waals surface area (Å²) in [6, 6.07) is 19.7. The molecule has 0 spiro atoms. The van der Waals surface area contributed by atoms with Crippen molar-refractivity contribution < 1.29 is 14.6 Å². The molecule has 1 heterocycles. The highest BCUT2D eigenvalue weighted by Crippen LogP contribution is 2.14. The smallest absolute Gasteiger partial charge is 0.423 e. The van der Waals surface area contributed by atoms with E-state index in [2.05, 4.69) is 46.5 Å². The molecule has 0 saturated heterocycles. The lowest BCUT2D eigenvalue weighted by molar-refractivity contribution is -0.688. The minimum absolute atomic E-state index is 0.494. The van der Waals surface area contributed by atoms with E-state index < -0.39 is 7.12 Å². The number of hydrogen-bond donors (Lipinski definition) is 2. The van der Waals surface area contributed by atoms with Crippen LogP contribution in [0.15, 0.2) is 103 Å². The van der Waals surface area contributed by atoms with Crippen LogP contribution < -0.4 is 10.0 Å². The fraction of sp³-hybridized carbons (Fsp3) is 0.111. The van der Waals surface area contributed by atoms with Gasteiger partial charge in [-0.3, -0.25) is 4.99 Å². The average molecular weight is 423 g/mol. The Morgan fingerprint density at radius 3 is 2.44 bits per heavy atom. The Labute approximate surface area is 190 Å². The molecule has 0 aliphatic carbocycles. The molecular weight excluding hydrogens is 395 g/mol. The summed E-state index contributed by atoms with van der Waals surface area (Å²) in [5.41, 5.74) is 5.94. The molecule has 5 heteroatoms. The lowest BCUT2D eigenvalue weighted by Crippen LogP contribution is -2.35. The van der Waals surface area contributed by atoms with E-state index in [9.17, 15) is 10.0 Å². The molecular formula is C27H28BN2O2+. The summed E-state index contributed by atoms with van der Waals surface area (Å²) in [5, 5.41) is 18.7. The third-order valence-electron chi connectivity index (χ3n) is 5.03. The quantitative estimate of drug-likeness (QED) is 0.239. The van der Waals surface area contributed by atoms with Crippen molar-refractivity contribution in [3.8, 4) is 0 Å². The van der Waals surface area contributed by atoms with Gasteiger partial charge in [-0.1, -0.05) is 73.3 Å². The molecule has 1 aromatic heterocycles. The van der Waals surface area contributed by atoms with Gasteiger partial charge in [-0.25, -0.2) is 4.57 Å². The average Bonchev–Trinajstić information content (AvgIpc) is 2.82. The van der Waals surface area contributed by atoms with Gasteiger partial charge in [0, 0.05) is 23.9 Å². The predicted octanol–water partition coefficient (Wildman–Crippen LogP) is 3.58. The Kier molecular flexibility index (Phi) is 8.49. The Hall–Kier alpha value is -3.54. The minimum Gasteiger partial charge on any atom is -0.423 e. The maximum atomic E-state index is 9.36. The minimum atomic E-state index is -1.45. The van der Waals surface area contributed by atoms with Crippen molar-refractivity contribution >= 4 is 30.4 Å². The molecule has 0 amide bonds. The molecule has 2 aromatic carbocycles. The van der Waals surface area contributed by atoms with E-state index in [1.54, 1.807) is 12.1 Å². The van der Waals surface area contributed by atoms with Crippen LogP contribution in [0.25, 0.3) is 11.6 Å². The fourth-order valence-corrected chi connectivity index (χ4v) is 3.30. The van der Waals surface area contributed by atoms with Crippen LogP contribution in [-0.4, -0.2) is 23.4 Å². The van der Waals surface area contributed by atoms with Gasteiger partial charge in [-0.05, 0) is 40.7 Å². The van der Waals surface area contributed by atoms with Crippen LogP contribution in [0, 0.1) is 0 Å². The van der Waals surface area contributed by atoms with Gasteiger partial charge >= 0.3 is 7.12 Å². The van der Waals surface area contributed by atoms with Crippen molar-refractivity contribution in [3.05, 3.63) is 120 Å². The van der Waals surface area contributed by atoms with E-state index in [0.717, 1.165) is 27.8 Å². The van der Waals surface area contributed by atoms with Crippen LogP contribution in [0.3, 0.4) is 0 Å². The van der Waals surface area contributed by atoms with Gasteiger partial charge in [0.05, 0.1) is 6.54 Å². The van der Waals surface area contributed by atoms with E-state index in [1.807, 2.05) is 68.0 Å². The molecule has 0 unspecified atom stereocenters. The summed E-state index contributed by atoms with van der Waals surface area (Å²) >= 11 is 0. The van der Waals surface area contributed by atoms with E-state index >= 15 is 0 Å². The normalized spacial score (nSPS) is 11.9. The number of rotatable bonds is 9. The van der Waals surface area contributed by atoms with E-state index in [0.29, 0.717) is 18.6 Å². The first kappa shape index (κ1) is 23.1. The highest BCUT2D eigenvalue weighted by Gasteiger charge is 2.12. The number of nitrogens with zero attached hydrogens (tertiary/aromatic N) is 2. The number of hydrogen-bond acceptors (Lipinski definition) is 3. The van der Waals surface area contributed by atoms with E-state index in [4.69, 9.17) is 0 Å². The van der Waals surface area contributed by atoms with Gasteiger partial charge in [0.15, 0.2) is 18.9 Å². The molecule has 4 nitrogen and oxygen atoms in total. The number of pyridine rings is 1. The number of allylic oxidation sites excluding steroid dienone is 4. The van der Waals surface area contributed by atoms with Crippen LogP contribution >= 0.6 is 0 Å². The molecule has 0 fully saturated rings. The molecule has 0 radical (unpaired) electrons. The first-order valence-corrected chi connectivity index (χ1v) is 10.6. The number of aromatic nitrogens is 1. The summed E-state index contributed by atoms with van der Waals surface area (Å²) in [7, 11) is -1.45. The topological polar surface area (TPSA) is 56.7 Å². The zero-order chi connectivity index (χ0) is 22.8. The summed E-state index contributed by atoms with van der Waals surface area (Å²) in [4.78, 5) is 4.53. The maximum Gasteiger partial charge on any atom is 0.488 e. The molecule has 32 heavy (non-hydrogen) atoms. The van der Waals surface area contributed by atoms with Crippen LogP contribution in [0.5, 0.6) is 0 Å². The van der Waals surface area contributed by atoms with Crippen molar-refractivity contribution in [2.75, 3.05) is 0 Å². The number of aliphatic imine (C=N–C) groups is 1. The number of benzene rings is 2. The second-order valence-electron chi connectivity index (χ2n) is 7.44. The molecule has 0 saturated carbocycles. The SMILES string of the molecule is C=Cc1ccc(C/N=C/C=C(\C=C/C)c2cc[n+](Cc3cccc(B(O)O)c3)cc2)cc1. The van der Waals surface area contributed by atoms with Gasteiger partial charge < -0.3 is 10.0 Å². The van der Waals surface area contributed by atoms with E-state index in [1.165, 1.54) is 0 Å². The molecule has 0 atom stereocenters. The Morgan fingerprint density at radius 2 is 1.78 bits per heavy atom. The van der Waals surface area contributed by atoms with Crippen molar-refractivity contribution in [2.24, 2.45) is 4.99 Å². The van der Waals surface area contributed by atoms with Crippen molar-refractivity contribution in [3.63, 3.8) is 0 Å². The van der Waals surface area contributed by atoms with Gasteiger partial charge in [0.2, 0.25) is 0 Å². The predicted molar refractivity (Wildman–Crippen MR) is 134 cm³/mol. The second kappa shape index (κ2) is 11.7. The summed E-state index contributed by atoms with van der Waals surface area (Å²) in [6.45, 7) is 7.05. The Bertz CT molecular complexity index is 1120. The Morgan fingerprint density at radius 1 is 1.03 bits per heavy atom. The molecule has 3 rings (SSSR count). The molecule has 0 aliphatic heterocycles. The van der Waals surface area contributed by atoms with E-state index in [-0.39, 0.29) is 0 Å². The Balaban J connectivity index is 1.68.